The van der Waals surface area contributed by atoms with Crippen LogP contribution in [-0.4, -0.2) is 34.7 Å². The molecular formula is C24H24N4O. The summed E-state index contributed by atoms with van der Waals surface area (Å²) in [5.74, 6) is 0.790. The number of para-hydroxylation sites is 1. The lowest BCUT2D eigenvalue weighted by Gasteiger charge is -2.26. The fraction of sp³-hybridized carbons (Fsp3) is 0.250. The quantitative estimate of drug-likeness (QED) is 0.554. The standard InChI is InChI=1S/C24H24N4O/c1-29-21-9-5-8-18-10-11-20(27-22(18)21)24-23(17-6-3-2-4-7-17)26-16-28(24)19-12-14-25-15-13-19/h2-11,16,19,25H,12-15H2,1H3. The first-order valence-electron chi connectivity index (χ1n) is 10.1. The molecular weight excluding hydrogens is 360 g/mol. The topological polar surface area (TPSA) is 52.0 Å². The average Bonchev–Trinajstić information content (AvgIpc) is 3.24. The number of benzene rings is 2. The summed E-state index contributed by atoms with van der Waals surface area (Å²) in [4.78, 5) is 9.86. The Morgan fingerprint density at radius 3 is 2.59 bits per heavy atom. The third-order valence-electron chi connectivity index (χ3n) is 5.69. The summed E-state index contributed by atoms with van der Waals surface area (Å²) in [5.41, 5.74) is 4.97. The number of hydrogen-bond acceptors (Lipinski definition) is 4. The van der Waals surface area contributed by atoms with Gasteiger partial charge in [0, 0.05) is 17.0 Å². The van der Waals surface area contributed by atoms with Crippen molar-refractivity contribution in [2.45, 2.75) is 18.9 Å². The van der Waals surface area contributed by atoms with Crippen LogP contribution in [0.3, 0.4) is 0 Å². The molecule has 1 saturated heterocycles. The Morgan fingerprint density at radius 1 is 0.966 bits per heavy atom. The van der Waals surface area contributed by atoms with Crippen LogP contribution in [0.15, 0.2) is 67.0 Å². The predicted octanol–water partition coefficient (Wildman–Crippen LogP) is 4.70. The van der Waals surface area contributed by atoms with E-state index < -0.39 is 0 Å². The smallest absolute Gasteiger partial charge is 0.145 e. The molecule has 1 fully saturated rings. The zero-order valence-electron chi connectivity index (χ0n) is 16.5. The molecule has 4 aromatic rings. The lowest BCUT2D eigenvalue weighted by Crippen LogP contribution is -2.29. The van der Waals surface area contributed by atoms with Crippen molar-refractivity contribution < 1.29 is 4.74 Å². The van der Waals surface area contributed by atoms with Gasteiger partial charge in [-0.1, -0.05) is 48.5 Å². The molecule has 2 aromatic carbocycles. The number of aromatic nitrogens is 3. The Morgan fingerprint density at radius 2 is 1.79 bits per heavy atom. The van der Waals surface area contributed by atoms with Gasteiger partial charge >= 0.3 is 0 Å². The number of piperidine rings is 1. The minimum absolute atomic E-state index is 0.423. The lowest BCUT2D eigenvalue weighted by molar-refractivity contribution is 0.370. The van der Waals surface area contributed by atoms with Crippen LogP contribution in [0, 0.1) is 0 Å². The Kier molecular flexibility index (Phi) is 4.74. The number of methoxy groups -OCH3 is 1. The van der Waals surface area contributed by atoms with Gasteiger partial charge < -0.3 is 14.6 Å². The van der Waals surface area contributed by atoms with Gasteiger partial charge in [0.2, 0.25) is 0 Å². The summed E-state index contributed by atoms with van der Waals surface area (Å²) in [7, 11) is 1.69. The van der Waals surface area contributed by atoms with Gasteiger partial charge in [0.05, 0.1) is 30.5 Å². The van der Waals surface area contributed by atoms with Gasteiger partial charge in [0.15, 0.2) is 0 Å². The van der Waals surface area contributed by atoms with E-state index >= 15 is 0 Å². The molecule has 3 heterocycles. The summed E-state index contributed by atoms with van der Waals surface area (Å²) in [6.07, 6.45) is 4.17. The van der Waals surface area contributed by atoms with E-state index in [1.54, 1.807) is 7.11 Å². The molecule has 1 aliphatic heterocycles. The molecule has 0 saturated carbocycles. The van der Waals surface area contributed by atoms with Gasteiger partial charge in [0.1, 0.15) is 11.3 Å². The van der Waals surface area contributed by atoms with Gasteiger partial charge in [0.25, 0.3) is 0 Å². The highest BCUT2D eigenvalue weighted by Crippen LogP contribution is 2.36. The third kappa shape index (κ3) is 3.28. The van der Waals surface area contributed by atoms with Gasteiger partial charge in [-0.25, -0.2) is 9.97 Å². The number of nitrogens with zero attached hydrogens (tertiary/aromatic N) is 3. The highest BCUT2D eigenvalue weighted by atomic mass is 16.5. The maximum atomic E-state index is 5.57. The van der Waals surface area contributed by atoms with Crippen LogP contribution in [0.2, 0.25) is 0 Å². The van der Waals surface area contributed by atoms with Crippen molar-refractivity contribution >= 4 is 10.9 Å². The zero-order chi connectivity index (χ0) is 19.6. The number of fused-ring (bicyclic) bond motifs is 1. The van der Waals surface area contributed by atoms with E-state index in [1.807, 2.05) is 24.5 Å². The maximum absolute atomic E-state index is 5.57. The normalized spacial score (nSPS) is 14.9. The van der Waals surface area contributed by atoms with Crippen LogP contribution in [0.25, 0.3) is 33.5 Å². The van der Waals surface area contributed by atoms with Gasteiger partial charge in [-0.3, -0.25) is 0 Å². The number of hydrogen-bond donors (Lipinski definition) is 1. The number of nitrogens with one attached hydrogen (secondary N) is 1. The van der Waals surface area contributed by atoms with E-state index in [4.69, 9.17) is 14.7 Å². The zero-order valence-corrected chi connectivity index (χ0v) is 16.5. The second-order valence-electron chi connectivity index (χ2n) is 7.42. The summed E-state index contributed by atoms with van der Waals surface area (Å²) in [6, 6.07) is 21.0. The highest BCUT2D eigenvalue weighted by molar-refractivity contribution is 5.88. The summed E-state index contributed by atoms with van der Waals surface area (Å²) >= 11 is 0. The van der Waals surface area contributed by atoms with Crippen LogP contribution in [-0.2, 0) is 0 Å². The van der Waals surface area contributed by atoms with Crippen molar-refractivity contribution in [3.05, 3.63) is 67.0 Å². The molecule has 5 heteroatoms. The van der Waals surface area contributed by atoms with Crippen LogP contribution in [0.4, 0.5) is 0 Å². The van der Waals surface area contributed by atoms with E-state index in [9.17, 15) is 0 Å². The van der Waals surface area contributed by atoms with Crippen molar-refractivity contribution in [2.24, 2.45) is 0 Å². The molecule has 0 aliphatic carbocycles. The Hall–Kier alpha value is -3.18. The average molecular weight is 384 g/mol. The molecule has 0 bridgehead atoms. The van der Waals surface area contributed by atoms with E-state index in [1.165, 1.54) is 0 Å². The number of ether oxygens (including phenoxy) is 1. The monoisotopic (exact) mass is 384 g/mol. The van der Waals surface area contributed by atoms with Crippen LogP contribution in [0.5, 0.6) is 5.75 Å². The summed E-state index contributed by atoms with van der Waals surface area (Å²) in [5, 5.41) is 4.53. The fourth-order valence-corrected chi connectivity index (χ4v) is 4.20. The molecule has 5 nitrogen and oxygen atoms in total. The molecule has 29 heavy (non-hydrogen) atoms. The van der Waals surface area contributed by atoms with Gasteiger partial charge in [-0.15, -0.1) is 0 Å². The van der Waals surface area contributed by atoms with Gasteiger partial charge in [-0.2, -0.15) is 0 Å². The third-order valence-corrected chi connectivity index (χ3v) is 5.69. The largest absolute Gasteiger partial charge is 0.494 e. The first-order chi connectivity index (χ1) is 14.3. The molecule has 0 spiro atoms. The van der Waals surface area contributed by atoms with E-state index in [0.717, 1.165) is 65.2 Å². The molecule has 0 radical (unpaired) electrons. The second kappa shape index (κ2) is 7.68. The van der Waals surface area contributed by atoms with Crippen molar-refractivity contribution in [3.8, 4) is 28.4 Å². The lowest BCUT2D eigenvalue weighted by atomic mass is 10.0. The summed E-state index contributed by atoms with van der Waals surface area (Å²) < 4.78 is 7.89. The second-order valence-corrected chi connectivity index (χ2v) is 7.42. The summed E-state index contributed by atoms with van der Waals surface area (Å²) in [6.45, 7) is 2.06. The molecule has 0 unspecified atom stereocenters. The Balaban J connectivity index is 1.72. The molecule has 0 amide bonds. The molecule has 2 aromatic heterocycles. The van der Waals surface area contributed by atoms with Crippen molar-refractivity contribution in [3.63, 3.8) is 0 Å². The number of rotatable bonds is 4. The van der Waals surface area contributed by atoms with E-state index in [0.29, 0.717) is 6.04 Å². The Labute approximate surface area is 170 Å². The van der Waals surface area contributed by atoms with E-state index in [2.05, 4.69) is 52.3 Å². The molecule has 1 aliphatic rings. The fourth-order valence-electron chi connectivity index (χ4n) is 4.20. The number of imidazole rings is 1. The van der Waals surface area contributed by atoms with Gasteiger partial charge in [-0.05, 0) is 38.1 Å². The minimum atomic E-state index is 0.423. The van der Waals surface area contributed by atoms with Crippen molar-refractivity contribution in [1.82, 2.24) is 19.9 Å². The SMILES string of the molecule is COc1cccc2ccc(-c3c(-c4ccccc4)ncn3C3CCNCC3)nc12. The van der Waals surface area contributed by atoms with Crippen molar-refractivity contribution in [1.29, 1.82) is 0 Å². The van der Waals surface area contributed by atoms with Crippen LogP contribution >= 0.6 is 0 Å². The van der Waals surface area contributed by atoms with Crippen LogP contribution < -0.4 is 10.1 Å². The maximum Gasteiger partial charge on any atom is 0.145 e. The Bertz CT molecular complexity index is 1130. The molecule has 1 N–H and O–H groups in total. The highest BCUT2D eigenvalue weighted by Gasteiger charge is 2.23. The first-order valence-corrected chi connectivity index (χ1v) is 10.1. The van der Waals surface area contributed by atoms with Crippen LogP contribution in [0.1, 0.15) is 18.9 Å². The minimum Gasteiger partial charge on any atom is -0.494 e. The van der Waals surface area contributed by atoms with Crippen molar-refractivity contribution in [2.75, 3.05) is 20.2 Å². The molecule has 146 valence electrons. The predicted molar refractivity (Wildman–Crippen MR) is 116 cm³/mol. The van der Waals surface area contributed by atoms with E-state index in [-0.39, 0.29) is 0 Å². The molecule has 5 rings (SSSR count). The first kappa shape index (κ1) is 17.9. The number of pyridine rings is 1. The molecule has 0 atom stereocenters.